The van der Waals surface area contributed by atoms with Crippen LogP contribution < -0.4 is 21.0 Å². The molecule has 0 aliphatic carbocycles. The molecular weight excluding hydrogens is 537 g/mol. The Labute approximate surface area is 252 Å². The molecule has 0 aliphatic rings. The lowest BCUT2D eigenvalue weighted by atomic mass is 10.1. The summed E-state index contributed by atoms with van der Waals surface area (Å²) in [4.78, 5) is 23.6. The van der Waals surface area contributed by atoms with Gasteiger partial charge in [-0.2, -0.15) is 0 Å². The van der Waals surface area contributed by atoms with E-state index in [-0.39, 0.29) is 34.4 Å². The van der Waals surface area contributed by atoms with Crippen molar-refractivity contribution in [3.05, 3.63) is 60.7 Å². The van der Waals surface area contributed by atoms with Gasteiger partial charge in [-0.15, -0.1) is 17.0 Å². The van der Waals surface area contributed by atoms with Crippen molar-refractivity contribution >= 4 is 38.3 Å². The SMILES string of the molecule is CC(C)(C)NC(=O)CC#C[Si](C)(C)C.CC(C)(C)NC(=O)CC#C[Si](c1ccccc1)(c1ccccc1)C(C)(C)C. The first-order chi connectivity index (χ1) is 18.7. The van der Waals surface area contributed by atoms with Gasteiger partial charge in [0.05, 0.1) is 12.8 Å². The average Bonchev–Trinajstić information content (AvgIpc) is 2.79. The van der Waals surface area contributed by atoms with Crippen molar-refractivity contribution in [2.75, 3.05) is 0 Å². The van der Waals surface area contributed by atoms with Gasteiger partial charge in [0.1, 0.15) is 8.07 Å². The van der Waals surface area contributed by atoms with Crippen molar-refractivity contribution in [2.24, 2.45) is 0 Å². The van der Waals surface area contributed by atoms with Crippen molar-refractivity contribution in [1.82, 2.24) is 10.6 Å². The van der Waals surface area contributed by atoms with Crippen molar-refractivity contribution in [1.29, 1.82) is 0 Å². The highest BCUT2D eigenvalue weighted by atomic mass is 28.3. The lowest BCUT2D eigenvalue weighted by Gasteiger charge is -2.39. The molecule has 0 atom stereocenters. The van der Waals surface area contributed by atoms with Crippen LogP contribution in [0.2, 0.25) is 24.7 Å². The second-order valence-electron chi connectivity index (χ2n) is 14.5. The van der Waals surface area contributed by atoms with Gasteiger partial charge in [0.15, 0.2) is 0 Å². The molecule has 2 aromatic carbocycles. The molecule has 0 aliphatic heterocycles. The summed E-state index contributed by atoms with van der Waals surface area (Å²) >= 11 is 0. The van der Waals surface area contributed by atoms with Crippen molar-refractivity contribution in [3.63, 3.8) is 0 Å². The monoisotopic (exact) mass is 588 g/mol. The van der Waals surface area contributed by atoms with Gasteiger partial charge in [-0.25, -0.2) is 0 Å². The Morgan fingerprint density at radius 1 is 0.610 bits per heavy atom. The summed E-state index contributed by atoms with van der Waals surface area (Å²) in [5.41, 5.74) is 6.42. The molecule has 2 rings (SSSR count). The zero-order chi connectivity index (χ0) is 31.5. The second kappa shape index (κ2) is 14.7. The standard InChI is InChI=1S/C24H31NOSi.C11H21NOSi/c1-23(2,3)25-22(26)18-13-19-27(24(4,5)6,20-14-9-7-10-15-20)21-16-11-8-12-17-21;1-11(2,3)12-10(13)8-7-9-14(4,5)6/h7-12,14-17H,18H2,1-6H3,(H,25,26);8H2,1-6H3,(H,12,13). The van der Waals surface area contributed by atoms with Crippen LogP contribution in [0.1, 0.15) is 75.2 Å². The molecular formula is C35H52N2O2Si2. The number of benzene rings is 2. The highest BCUT2D eigenvalue weighted by molar-refractivity contribution is 7.10. The molecule has 4 nitrogen and oxygen atoms in total. The zero-order valence-electron chi connectivity index (χ0n) is 27.5. The fourth-order valence-electron chi connectivity index (χ4n) is 4.31. The van der Waals surface area contributed by atoms with Crippen molar-refractivity contribution in [2.45, 2.75) is 111 Å². The second-order valence-corrected chi connectivity index (χ2v) is 23.7. The predicted octanol–water partition coefficient (Wildman–Crippen LogP) is 6.07. The van der Waals surface area contributed by atoms with Crippen LogP contribution in [0.15, 0.2) is 60.7 Å². The first-order valence-electron chi connectivity index (χ1n) is 14.4. The summed E-state index contributed by atoms with van der Waals surface area (Å²) in [6.45, 7) is 25.2. The summed E-state index contributed by atoms with van der Waals surface area (Å²) < 4.78 is 0. The predicted molar refractivity (Wildman–Crippen MR) is 182 cm³/mol. The van der Waals surface area contributed by atoms with Crippen LogP contribution in [0.3, 0.4) is 0 Å². The van der Waals surface area contributed by atoms with Crippen LogP contribution in [0.4, 0.5) is 0 Å². The van der Waals surface area contributed by atoms with Gasteiger partial charge in [-0.05, 0) is 57.0 Å². The molecule has 6 heteroatoms. The highest BCUT2D eigenvalue weighted by Gasteiger charge is 2.46. The smallest absolute Gasteiger partial charge is 0.232 e. The maximum Gasteiger partial charge on any atom is 0.232 e. The largest absolute Gasteiger partial charge is 0.351 e. The number of carbonyl (C=O) groups is 2. The van der Waals surface area contributed by atoms with Gasteiger partial charge >= 0.3 is 0 Å². The summed E-state index contributed by atoms with van der Waals surface area (Å²) in [6, 6.07) is 21.2. The maximum atomic E-state index is 12.3. The highest BCUT2D eigenvalue weighted by Crippen LogP contribution is 2.35. The molecule has 0 spiro atoms. The van der Waals surface area contributed by atoms with Crippen LogP contribution >= 0.6 is 0 Å². The molecule has 0 saturated heterocycles. The average molecular weight is 589 g/mol. The summed E-state index contributed by atoms with van der Waals surface area (Å²) in [6.07, 6.45) is 0.545. The molecule has 2 aromatic rings. The van der Waals surface area contributed by atoms with E-state index < -0.39 is 16.1 Å². The molecule has 0 bridgehead atoms. The molecule has 222 valence electrons. The minimum absolute atomic E-state index is 0.0169. The van der Waals surface area contributed by atoms with Gasteiger partial charge in [0.2, 0.25) is 19.9 Å². The van der Waals surface area contributed by atoms with Gasteiger partial charge in [0.25, 0.3) is 0 Å². The Morgan fingerprint density at radius 3 is 1.24 bits per heavy atom. The Kier molecular flexibility index (Phi) is 12.9. The Bertz CT molecular complexity index is 1210. The van der Waals surface area contributed by atoms with E-state index in [1.54, 1.807) is 0 Å². The maximum absolute atomic E-state index is 12.3. The zero-order valence-corrected chi connectivity index (χ0v) is 29.5. The first-order valence-corrected chi connectivity index (χ1v) is 19.9. The van der Waals surface area contributed by atoms with E-state index in [1.165, 1.54) is 10.4 Å². The normalized spacial score (nSPS) is 11.9. The molecule has 0 unspecified atom stereocenters. The first kappa shape index (κ1) is 36.0. The molecule has 0 fully saturated rings. The Balaban J connectivity index is 0.000000509. The van der Waals surface area contributed by atoms with Crippen molar-refractivity contribution < 1.29 is 9.59 Å². The number of carbonyl (C=O) groups excluding carboxylic acids is 2. The number of rotatable bonds is 4. The minimum Gasteiger partial charge on any atom is -0.351 e. The molecule has 0 radical (unpaired) electrons. The summed E-state index contributed by atoms with van der Waals surface area (Å²) in [5, 5.41) is 8.42. The number of hydrogen-bond acceptors (Lipinski definition) is 2. The summed E-state index contributed by atoms with van der Waals surface area (Å²) in [5.74, 6) is 6.20. The fourth-order valence-corrected chi connectivity index (χ4v) is 9.40. The lowest BCUT2D eigenvalue weighted by Crippen LogP contribution is -2.63. The van der Waals surface area contributed by atoms with Crippen LogP contribution in [0.25, 0.3) is 0 Å². The van der Waals surface area contributed by atoms with E-state index in [0.29, 0.717) is 6.42 Å². The van der Waals surface area contributed by atoms with E-state index in [4.69, 9.17) is 0 Å². The Morgan fingerprint density at radius 2 is 0.951 bits per heavy atom. The molecule has 0 saturated carbocycles. The third-order valence-electron chi connectivity index (χ3n) is 5.80. The molecule has 41 heavy (non-hydrogen) atoms. The van der Waals surface area contributed by atoms with Gasteiger partial charge in [-0.3, -0.25) is 9.59 Å². The van der Waals surface area contributed by atoms with E-state index in [2.05, 4.69) is 123 Å². The van der Waals surface area contributed by atoms with Crippen LogP contribution in [-0.4, -0.2) is 39.0 Å². The van der Waals surface area contributed by atoms with Gasteiger partial charge < -0.3 is 10.6 Å². The molecule has 2 amide bonds. The minimum atomic E-state index is -2.42. The fraction of sp³-hybridized carbons (Fsp3) is 0.486. The van der Waals surface area contributed by atoms with Gasteiger partial charge in [0, 0.05) is 11.1 Å². The third kappa shape index (κ3) is 13.4. The molecule has 0 aromatic heterocycles. The van der Waals surface area contributed by atoms with E-state index in [1.807, 2.05) is 53.7 Å². The van der Waals surface area contributed by atoms with Crippen LogP contribution in [-0.2, 0) is 9.59 Å². The lowest BCUT2D eigenvalue weighted by molar-refractivity contribution is -0.122. The van der Waals surface area contributed by atoms with Crippen LogP contribution in [0.5, 0.6) is 0 Å². The van der Waals surface area contributed by atoms with Crippen molar-refractivity contribution in [3.8, 4) is 22.9 Å². The third-order valence-corrected chi connectivity index (χ3v) is 11.9. The Hall–Kier alpha value is -3.07. The van der Waals surface area contributed by atoms with Gasteiger partial charge in [-0.1, -0.05) is 107 Å². The van der Waals surface area contributed by atoms with E-state index in [9.17, 15) is 9.59 Å². The van der Waals surface area contributed by atoms with Crippen LogP contribution in [0, 0.1) is 22.9 Å². The van der Waals surface area contributed by atoms with E-state index >= 15 is 0 Å². The molecule has 2 N–H and O–H groups in total. The van der Waals surface area contributed by atoms with E-state index in [0.717, 1.165) is 0 Å². The molecule has 0 heterocycles. The number of amides is 2. The number of nitrogens with one attached hydrogen (secondary N) is 2. The number of hydrogen-bond donors (Lipinski definition) is 2. The quantitative estimate of drug-likeness (QED) is 0.337. The topological polar surface area (TPSA) is 58.2 Å². The summed E-state index contributed by atoms with van der Waals surface area (Å²) in [7, 11) is -3.74.